The maximum absolute atomic E-state index is 12.6. The predicted molar refractivity (Wildman–Crippen MR) is 190 cm³/mol. The normalized spacial score (nSPS) is 13.9. The van der Waals surface area contributed by atoms with Crippen molar-refractivity contribution in [2.45, 2.75) is 168 Å². The topological polar surface area (TPSA) is 111 Å². The van der Waals surface area contributed by atoms with Crippen LogP contribution in [0.2, 0.25) is 0 Å². The van der Waals surface area contributed by atoms with Crippen LogP contribution in [0.4, 0.5) is 0 Å². The first-order valence-electron chi connectivity index (χ1n) is 18.9. The van der Waals surface area contributed by atoms with E-state index < -0.39 is 26.5 Å². The van der Waals surface area contributed by atoms with Crippen LogP contribution >= 0.6 is 7.82 Å². The van der Waals surface area contributed by atoms with Crippen LogP contribution < -0.4 is 4.89 Å². The quantitative estimate of drug-likeness (QED) is 0.0216. The Morgan fingerprint density at radius 1 is 0.638 bits per heavy atom. The highest BCUT2D eigenvalue weighted by molar-refractivity contribution is 7.45. The number of rotatable bonds is 34. The van der Waals surface area contributed by atoms with E-state index in [1.54, 1.807) is 0 Å². The Morgan fingerprint density at radius 3 is 1.60 bits per heavy atom. The van der Waals surface area contributed by atoms with E-state index in [0.29, 0.717) is 17.4 Å². The number of carbonyl (C=O) groups excluding carboxylic acids is 2. The summed E-state index contributed by atoms with van der Waals surface area (Å²) in [6.45, 7) is 4.17. The molecule has 0 aliphatic rings. The van der Waals surface area contributed by atoms with Gasteiger partial charge in [-0.05, 0) is 38.5 Å². The molecule has 2 atom stereocenters. The second-order valence-electron chi connectivity index (χ2n) is 13.9. The summed E-state index contributed by atoms with van der Waals surface area (Å²) in [5, 5.41) is 0. The number of ether oxygens (including phenoxy) is 2. The zero-order valence-corrected chi connectivity index (χ0v) is 31.9. The Labute approximate surface area is 288 Å². The molecular weight excluding hydrogens is 617 g/mol. The van der Waals surface area contributed by atoms with Crippen LogP contribution in [0.25, 0.3) is 0 Å². The van der Waals surface area contributed by atoms with E-state index in [0.717, 1.165) is 51.4 Å². The Morgan fingerprint density at radius 2 is 1.09 bits per heavy atom. The minimum Gasteiger partial charge on any atom is -0.756 e. The molecule has 0 saturated heterocycles. The number of allylic oxidation sites excluding steroid dienone is 2. The van der Waals surface area contributed by atoms with Crippen molar-refractivity contribution >= 4 is 19.8 Å². The lowest BCUT2D eigenvalue weighted by molar-refractivity contribution is -0.870. The molecule has 0 aliphatic carbocycles. The summed E-state index contributed by atoms with van der Waals surface area (Å²) in [6, 6.07) is 0. The lowest BCUT2D eigenvalue weighted by atomic mass is 10.1. The van der Waals surface area contributed by atoms with Gasteiger partial charge < -0.3 is 27.9 Å². The van der Waals surface area contributed by atoms with E-state index in [2.05, 4.69) is 26.0 Å². The van der Waals surface area contributed by atoms with Crippen LogP contribution in [0.5, 0.6) is 0 Å². The van der Waals surface area contributed by atoms with Crippen molar-refractivity contribution < 1.29 is 42.1 Å². The van der Waals surface area contributed by atoms with Crippen LogP contribution in [-0.4, -0.2) is 70.0 Å². The third-order valence-electron chi connectivity index (χ3n) is 8.04. The molecule has 0 heterocycles. The SMILES string of the molecule is CCCCCC/C=C\CCCCCCCC(=O)OC(COC(=O)CCCCCCCCCCCC)COP(=O)([O-])OCC[N+](C)(C)C. The van der Waals surface area contributed by atoms with Gasteiger partial charge in [-0.15, -0.1) is 0 Å². The second-order valence-corrected chi connectivity index (χ2v) is 15.4. The standard InChI is InChI=1S/C37H72NO8P/c1-6-8-10-12-14-16-18-19-20-22-24-26-28-30-37(40)46-35(34-45-47(41,42)44-32-31-38(3,4)5)33-43-36(39)29-27-25-23-21-17-15-13-11-9-7-2/h16,18,35H,6-15,17,19-34H2,1-5H3/b18-16-. The maximum Gasteiger partial charge on any atom is 0.306 e. The van der Waals surface area contributed by atoms with Gasteiger partial charge in [0.05, 0.1) is 27.7 Å². The molecule has 0 aromatic carbocycles. The molecule has 0 amide bonds. The van der Waals surface area contributed by atoms with Gasteiger partial charge >= 0.3 is 11.9 Å². The van der Waals surface area contributed by atoms with Gasteiger partial charge in [0.15, 0.2) is 6.10 Å². The van der Waals surface area contributed by atoms with Crippen molar-refractivity contribution in [1.82, 2.24) is 0 Å². The number of esters is 2. The van der Waals surface area contributed by atoms with Crippen LogP contribution in [0.15, 0.2) is 12.2 Å². The van der Waals surface area contributed by atoms with Crippen molar-refractivity contribution in [2.75, 3.05) is 47.5 Å². The summed E-state index contributed by atoms with van der Waals surface area (Å²) in [5.41, 5.74) is 0. The Hall–Kier alpha value is -1.25. The van der Waals surface area contributed by atoms with Gasteiger partial charge in [-0.2, -0.15) is 0 Å². The van der Waals surface area contributed by atoms with Crippen LogP contribution in [-0.2, 0) is 32.7 Å². The fraction of sp³-hybridized carbons (Fsp3) is 0.892. The summed E-state index contributed by atoms with van der Waals surface area (Å²) < 4.78 is 33.7. The van der Waals surface area contributed by atoms with Crippen molar-refractivity contribution in [3.05, 3.63) is 12.2 Å². The minimum absolute atomic E-state index is 0.0299. The third kappa shape index (κ3) is 34.4. The van der Waals surface area contributed by atoms with Crippen molar-refractivity contribution in [1.29, 1.82) is 0 Å². The fourth-order valence-corrected chi connectivity index (χ4v) is 5.73. The van der Waals surface area contributed by atoms with Crippen LogP contribution in [0.3, 0.4) is 0 Å². The number of likely N-dealkylation sites (N-methyl/N-ethyl adjacent to an activating group) is 1. The zero-order chi connectivity index (χ0) is 35.1. The fourth-order valence-electron chi connectivity index (χ4n) is 5.00. The molecule has 0 N–H and O–H groups in total. The van der Waals surface area contributed by atoms with Crippen LogP contribution in [0.1, 0.15) is 162 Å². The molecule has 0 aromatic heterocycles. The van der Waals surface area contributed by atoms with Crippen molar-refractivity contribution in [2.24, 2.45) is 0 Å². The number of quaternary nitrogens is 1. The highest BCUT2D eigenvalue weighted by Crippen LogP contribution is 2.38. The molecule has 0 aromatic rings. The second kappa shape index (κ2) is 30.8. The predicted octanol–water partition coefficient (Wildman–Crippen LogP) is 9.22. The molecule has 0 radical (unpaired) electrons. The van der Waals surface area contributed by atoms with Gasteiger partial charge in [0.2, 0.25) is 0 Å². The average molecular weight is 690 g/mol. The highest BCUT2D eigenvalue weighted by Gasteiger charge is 2.21. The lowest BCUT2D eigenvalue weighted by Gasteiger charge is -2.28. The van der Waals surface area contributed by atoms with Gasteiger partial charge in [0.1, 0.15) is 19.8 Å². The van der Waals surface area contributed by atoms with E-state index in [1.165, 1.54) is 77.0 Å². The Kier molecular flexibility index (Phi) is 30.0. The largest absolute Gasteiger partial charge is 0.756 e. The molecule has 9 nitrogen and oxygen atoms in total. The summed E-state index contributed by atoms with van der Waals surface area (Å²) in [6.07, 6.45) is 28.1. The first kappa shape index (κ1) is 45.8. The number of hydrogen-bond acceptors (Lipinski definition) is 8. The van der Waals surface area contributed by atoms with Crippen molar-refractivity contribution in [3.63, 3.8) is 0 Å². The summed E-state index contributed by atoms with van der Waals surface area (Å²) >= 11 is 0. The smallest absolute Gasteiger partial charge is 0.306 e. The molecule has 10 heteroatoms. The van der Waals surface area contributed by atoms with E-state index in [9.17, 15) is 19.0 Å². The molecule has 0 fully saturated rings. The molecule has 47 heavy (non-hydrogen) atoms. The highest BCUT2D eigenvalue weighted by atomic mass is 31.2. The van der Waals surface area contributed by atoms with E-state index in [4.69, 9.17) is 18.5 Å². The number of nitrogens with zero attached hydrogens (tertiary/aromatic N) is 1. The summed E-state index contributed by atoms with van der Waals surface area (Å²) in [7, 11) is 1.16. The van der Waals surface area contributed by atoms with Crippen molar-refractivity contribution in [3.8, 4) is 0 Å². The maximum atomic E-state index is 12.6. The first-order chi connectivity index (χ1) is 22.5. The van der Waals surface area contributed by atoms with Gasteiger partial charge in [-0.25, -0.2) is 0 Å². The Balaban J connectivity index is 4.46. The molecule has 0 bridgehead atoms. The molecule has 0 aliphatic heterocycles. The van der Waals surface area contributed by atoms with Gasteiger partial charge in [-0.1, -0.05) is 122 Å². The molecule has 0 rings (SSSR count). The minimum atomic E-state index is -4.61. The van der Waals surface area contributed by atoms with E-state index in [1.807, 2.05) is 21.1 Å². The molecule has 0 saturated carbocycles. The number of phosphoric ester groups is 1. The molecule has 2 unspecified atom stereocenters. The van der Waals surface area contributed by atoms with Crippen LogP contribution in [0, 0.1) is 0 Å². The molecular formula is C37H72NO8P. The van der Waals surface area contributed by atoms with E-state index in [-0.39, 0.29) is 32.0 Å². The third-order valence-corrected chi connectivity index (χ3v) is 9.00. The van der Waals surface area contributed by atoms with Gasteiger partial charge in [0, 0.05) is 12.8 Å². The Bertz CT molecular complexity index is 830. The molecule has 278 valence electrons. The lowest BCUT2D eigenvalue weighted by Crippen LogP contribution is -2.37. The van der Waals surface area contributed by atoms with Gasteiger partial charge in [-0.3, -0.25) is 14.2 Å². The van der Waals surface area contributed by atoms with Gasteiger partial charge in [0.25, 0.3) is 7.82 Å². The number of hydrogen-bond donors (Lipinski definition) is 0. The monoisotopic (exact) mass is 689 g/mol. The number of unbranched alkanes of at least 4 members (excludes halogenated alkanes) is 18. The number of carbonyl (C=O) groups is 2. The molecule has 0 spiro atoms. The van der Waals surface area contributed by atoms with E-state index >= 15 is 0 Å². The zero-order valence-electron chi connectivity index (χ0n) is 31.0. The average Bonchev–Trinajstić information content (AvgIpc) is 3.01. The first-order valence-corrected chi connectivity index (χ1v) is 20.4. The number of phosphoric acid groups is 1. The summed E-state index contributed by atoms with van der Waals surface area (Å²) in [5.74, 6) is -0.844. The summed E-state index contributed by atoms with van der Waals surface area (Å²) in [4.78, 5) is 37.2.